The standard InChI is InChI=1S/C17H23NO4S/c1-3-9-23(19,20)18-14-8-7-13(10-14)17(18)12-22-16-6-4-5-15(11-16)21-2/h3-6,11,13-14,17H,1,7-10,12H2,2H3/t13-,14-,17+/m1/s1. The molecule has 0 radical (unpaired) electrons. The summed E-state index contributed by atoms with van der Waals surface area (Å²) in [5.74, 6) is 1.82. The SMILES string of the molecule is C=CCS(=O)(=O)N1[C@@H]2CC[C@H](C2)[C@@H]1COc1cccc(OC)c1. The molecule has 5 nitrogen and oxygen atoms in total. The van der Waals surface area contributed by atoms with Crippen molar-refractivity contribution >= 4 is 10.0 Å². The molecule has 0 amide bonds. The average Bonchev–Trinajstić information content (AvgIpc) is 3.14. The van der Waals surface area contributed by atoms with E-state index in [1.807, 2.05) is 24.3 Å². The van der Waals surface area contributed by atoms with E-state index in [0.717, 1.165) is 25.0 Å². The maximum atomic E-state index is 12.5. The normalized spacial score (nSPS) is 27.1. The molecule has 23 heavy (non-hydrogen) atoms. The van der Waals surface area contributed by atoms with Crippen LogP contribution in [0.25, 0.3) is 0 Å². The number of rotatable bonds is 7. The van der Waals surface area contributed by atoms with Crippen LogP contribution in [0.3, 0.4) is 0 Å². The van der Waals surface area contributed by atoms with E-state index in [9.17, 15) is 8.42 Å². The van der Waals surface area contributed by atoms with Crippen LogP contribution in [0.2, 0.25) is 0 Å². The molecule has 0 N–H and O–H groups in total. The van der Waals surface area contributed by atoms with Crippen molar-refractivity contribution in [2.45, 2.75) is 31.3 Å². The fraction of sp³-hybridized carbons (Fsp3) is 0.529. The predicted molar refractivity (Wildman–Crippen MR) is 89.2 cm³/mol. The van der Waals surface area contributed by atoms with Crippen LogP contribution in [-0.2, 0) is 10.0 Å². The molecule has 0 spiro atoms. The zero-order chi connectivity index (χ0) is 16.4. The predicted octanol–water partition coefficient (Wildman–Crippen LogP) is 2.44. The Morgan fingerprint density at radius 3 is 2.87 bits per heavy atom. The first-order valence-corrected chi connectivity index (χ1v) is 9.55. The number of fused-ring (bicyclic) bond motifs is 2. The average molecular weight is 337 g/mol. The van der Waals surface area contributed by atoms with E-state index >= 15 is 0 Å². The highest BCUT2D eigenvalue weighted by atomic mass is 32.2. The highest BCUT2D eigenvalue weighted by molar-refractivity contribution is 7.89. The van der Waals surface area contributed by atoms with E-state index in [-0.39, 0.29) is 17.8 Å². The van der Waals surface area contributed by atoms with Crippen molar-refractivity contribution in [3.63, 3.8) is 0 Å². The van der Waals surface area contributed by atoms with Gasteiger partial charge in [-0.25, -0.2) is 8.42 Å². The van der Waals surface area contributed by atoms with Gasteiger partial charge in [0.25, 0.3) is 0 Å². The van der Waals surface area contributed by atoms with Gasteiger partial charge in [-0.1, -0.05) is 12.1 Å². The zero-order valence-corrected chi connectivity index (χ0v) is 14.2. The third-order valence-corrected chi connectivity index (χ3v) is 6.66. The van der Waals surface area contributed by atoms with Gasteiger partial charge in [-0.2, -0.15) is 4.31 Å². The summed E-state index contributed by atoms with van der Waals surface area (Å²) in [6.07, 6.45) is 4.44. The summed E-state index contributed by atoms with van der Waals surface area (Å²) < 4.78 is 37.8. The van der Waals surface area contributed by atoms with Crippen molar-refractivity contribution in [2.24, 2.45) is 5.92 Å². The number of nitrogens with zero attached hydrogens (tertiary/aromatic N) is 1. The molecule has 1 saturated heterocycles. The second-order valence-electron chi connectivity index (χ2n) is 6.18. The lowest BCUT2D eigenvalue weighted by molar-refractivity contribution is 0.162. The van der Waals surface area contributed by atoms with Gasteiger partial charge in [0.2, 0.25) is 10.0 Å². The van der Waals surface area contributed by atoms with E-state index < -0.39 is 10.0 Å². The molecule has 2 fully saturated rings. The molecule has 3 atom stereocenters. The van der Waals surface area contributed by atoms with Gasteiger partial charge in [0.1, 0.15) is 18.1 Å². The molecule has 126 valence electrons. The molecule has 1 heterocycles. The van der Waals surface area contributed by atoms with Gasteiger partial charge in [0.15, 0.2) is 0 Å². The molecule has 1 saturated carbocycles. The Labute approximate surface area is 137 Å². The van der Waals surface area contributed by atoms with Crippen LogP contribution in [0.4, 0.5) is 0 Å². The van der Waals surface area contributed by atoms with Crippen LogP contribution >= 0.6 is 0 Å². The summed E-state index contributed by atoms with van der Waals surface area (Å²) >= 11 is 0. The van der Waals surface area contributed by atoms with Crippen molar-refractivity contribution in [1.82, 2.24) is 4.31 Å². The van der Waals surface area contributed by atoms with Gasteiger partial charge in [0, 0.05) is 12.1 Å². The van der Waals surface area contributed by atoms with Crippen molar-refractivity contribution in [3.8, 4) is 11.5 Å². The molecule has 1 aliphatic carbocycles. The van der Waals surface area contributed by atoms with E-state index in [2.05, 4.69) is 6.58 Å². The molecule has 2 bridgehead atoms. The molecule has 0 aromatic heterocycles. The summed E-state index contributed by atoms with van der Waals surface area (Å²) in [5.41, 5.74) is 0. The second kappa shape index (κ2) is 6.53. The summed E-state index contributed by atoms with van der Waals surface area (Å²) in [7, 11) is -1.69. The van der Waals surface area contributed by atoms with Crippen LogP contribution in [0.5, 0.6) is 11.5 Å². The molecule has 6 heteroatoms. The summed E-state index contributed by atoms with van der Waals surface area (Å²) in [4.78, 5) is 0. The van der Waals surface area contributed by atoms with E-state index in [1.165, 1.54) is 6.08 Å². The Hall–Kier alpha value is -1.53. The van der Waals surface area contributed by atoms with Crippen LogP contribution in [0, 0.1) is 5.92 Å². The number of piperidine rings is 1. The monoisotopic (exact) mass is 337 g/mol. The van der Waals surface area contributed by atoms with Gasteiger partial charge in [-0.3, -0.25) is 0 Å². The van der Waals surface area contributed by atoms with Crippen molar-refractivity contribution < 1.29 is 17.9 Å². The summed E-state index contributed by atoms with van der Waals surface area (Å²) in [6, 6.07) is 7.44. The fourth-order valence-electron chi connectivity index (χ4n) is 3.80. The third-order valence-electron chi connectivity index (χ3n) is 4.79. The van der Waals surface area contributed by atoms with E-state index in [1.54, 1.807) is 11.4 Å². The third kappa shape index (κ3) is 3.23. The Bertz CT molecular complexity index is 673. The van der Waals surface area contributed by atoms with E-state index in [0.29, 0.717) is 18.3 Å². The zero-order valence-electron chi connectivity index (χ0n) is 13.3. The Kier molecular flexibility index (Phi) is 4.64. The minimum absolute atomic E-state index is 0.00806. The Balaban J connectivity index is 1.73. The van der Waals surface area contributed by atoms with E-state index in [4.69, 9.17) is 9.47 Å². The van der Waals surface area contributed by atoms with Gasteiger partial charge in [-0.15, -0.1) is 6.58 Å². The van der Waals surface area contributed by atoms with Crippen molar-refractivity contribution in [2.75, 3.05) is 19.5 Å². The second-order valence-corrected chi connectivity index (χ2v) is 8.10. The first-order valence-electron chi connectivity index (χ1n) is 7.94. The first kappa shape index (κ1) is 16.3. The van der Waals surface area contributed by atoms with Gasteiger partial charge < -0.3 is 9.47 Å². The largest absolute Gasteiger partial charge is 0.497 e. The Morgan fingerprint density at radius 1 is 1.35 bits per heavy atom. The molecule has 2 aliphatic rings. The smallest absolute Gasteiger partial charge is 0.218 e. The quantitative estimate of drug-likeness (QED) is 0.717. The highest BCUT2D eigenvalue weighted by Crippen LogP contribution is 2.44. The first-order chi connectivity index (χ1) is 11.0. The highest BCUT2D eigenvalue weighted by Gasteiger charge is 2.50. The maximum Gasteiger partial charge on any atom is 0.218 e. The van der Waals surface area contributed by atoms with Crippen LogP contribution < -0.4 is 9.47 Å². The molecule has 0 unspecified atom stereocenters. The summed E-state index contributed by atoms with van der Waals surface area (Å²) in [5, 5.41) is 0. The number of ether oxygens (including phenoxy) is 2. The minimum atomic E-state index is -3.30. The molecule has 3 rings (SSSR count). The van der Waals surface area contributed by atoms with Crippen LogP contribution in [0.15, 0.2) is 36.9 Å². The van der Waals surface area contributed by atoms with Crippen LogP contribution in [-0.4, -0.2) is 44.3 Å². The lowest BCUT2D eigenvalue weighted by atomic mass is 10.0. The molecule has 1 aromatic carbocycles. The van der Waals surface area contributed by atoms with Crippen molar-refractivity contribution in [1.29, 1.82) is 0 Å². The number of benzene rings is 1. The molecular formula is C17H23NO4S. The van der Waals surface area contributed by atoms with Gasteiger partial charge >= 0.3 is 0 Å². The number of methoxy groups -OCH3 is 1. The molecular weight excluding hydrogens is 314 g/mol. The van der Waals surface area contributed by atoms with Gasteiger partial charge in [0.05, 0.1) is 18.9 Å². The maximum absolute atomic E-state index is 12.5. The fourth-order valence-corrected chi connectivity index (χ4v) is 5.56. The number of hydrogen-bond donors (Lipinski definition) is 0. The lowest BCUT2D eigenvalue weighted by Crippen LogP contribution is -2.48. The summed E-state index contributed by atoms with van der Waals surface area (Å²) in [6.45, 7) is 3.95. The van der Waals surface area contributed by atoms with Gasteiger partial charge in [-0.05, 0) is 37.3 Å². The molecule has 1 aliphatic heterocycles. The van der Waals surface area contributed by atoms with Crippen molar-refractivity contribution in [3.05, 3.63) is 36.9 Å². The lowest BCUT2D eigenvalue weighted by Gasteiger charge is -2.33. The topological polar surface area (TPSA) is 55.8 Å². The Morgan fingerprint density at radius 2 is 2.13 bits per heavy atom. The number of hydrogen-bond acceptors (Lipinski definition) is 4. The molecule has 1 aromatic rings. The van der Waals surface area contributed by atoms with Crippen LogP contribution in [0.1, 0.15) is 19.3 Å². The minimum Gasteiger partial charge on any atom is -0.497 e. The number of sulfonamides is 1.